The lowest BCUT2D eigenvalue weighted by Gasteiger charge is -2.42. The van der Waals surface area contributed by atoms with Gasteiger partial charge in [0.05, 0.1) is 25.1 Å². The van der Waals surface area contributed by atoms with Crippen LogP contribution in [0.15, 0.2) is 18.2 Å². The van der Waals surface area contributed by atoms with Gasteiger partial charge in [0.15, 0.2) is 0 Å². The largest absolute Gasteiger partial charge is 0.330 e. The van der Waals surface area contributed by atoms with Crippen molar-refractivity contribution in [2.75, 3.05) is 20.6 Å². The van der Waals surface area contributed by atoms with E-state index in [0.717, 1.165) is 42.3 Å². The monoisotopic (exact) mass is 264 g/mol. The van der Waals surface area contributed by atoms with Crippen LogP contribution in [-0.4, -0.2) is 31.6 Å². The molecule has 0 amide bonds. The Morgan fingerprint density at radius 1 is 1.47 bits per heavy atom. The van der Waals surface area contributed by atoms with Crippen LogP contribution in [-0.2, 0) is 6.42 Å². The number of hydrogen-bond acceptors (Lipinski definition) is 3. The third kappa shape index (κ3) is 2.62. The Hall–Kier alpha value is -1.46. The first-order valence-electron chi connectivity index (χ1n) is 6.78. The normalized spacial score (nSPS) is 20.9. The molecule has 2 N–H and O–H groups in total. The topological polar surface area (TPSA) is 69.2 Å². The summed E-state index contributed by atoms with van der Waals surface area (Å²) in [6, 6.07) is 5.82. The van der Waals surface area contributed by atoms with Crippen LogP contribution in [0.3, 0.4) is 0 Å². The standard InChI is InChI=1S/C14H22N3O2/c1-17(2)13(4-3-9-15)7-5-11-10-12(16(18)19)6-8-14(11)17/h6,8,10,13H,3-5,7,9,15H2,1-2H3/q+1. The summed E-state index contributed by atoms with van der Waals surface area (Å²) in [7, 11) is 4.37. The molecule has 104 valence electrons. The molecule has 0 saturated heterocycles. The van der Waals surface area contributed by atoms with E-state index >= 15 is 0 Å². The van der Waals surface area contributed by atoms with Crippen molar-refractivity contribution >= 4 is 11.4 Å². The van der Waals surface area contributed by atoms with E-state index in [-0.39, 0.29) is 10.6 Å². The number of hydrogen-bond donors (Lipinski definition) is 1. The Labute approximate surface area is 113 Å². The lowest BCUT2D eigenvalue weighted by Crippen LogP contribution is -2.53. The van der Waals surface area contributed by atoms with Gasteiger partial charge in [-0.2, -0.15) is 0 Å². The molecular formula is C14H22N3O2+. The highest BCUT2D eigenvalue weighted by atomic mass is 16.6. The molecule has 1 aliphatic heterocycles. The molecule has 0 aromatic heterocycles. The summed E-state index contributed by atoms with van der Waals surface area (Å²) in [5.74, 6) is 0. The minimum absolute atomic E-state index is 0.194. The zero-order valence-corrected chi connectivity index (χ0v) is 11.6. The molecule has 2 rings (SSSR count). The van der Waals surface area contributed by atoms with Crippen LogP contribution in [0.1, 0.15) is 24.8 Å². The van der Waals surface area contributed by atoms with Gasteiger partial charge in [-0.25, -0.2) is 0 Å². The minimum Gasteiger partial charge on any atom is -0.330 e. The summed E-state index contributed by atoms with van der Waals surface area (Å²) in [6.07, 6.45) is 4.14. The fourth-order valence-electron chi connectivity index (χ4n) is 3.11. The van der Waals surface area contributed by atoms with Gasteiger partial charge in [-0.3, -0.25) is 14.6 Å². The molecule has 1 aromatic rings. The molecule has 0 spiro atoms. The van der Waals surface area contributed by atoms with Gasteiger partial charge >= 0.3 is 0 Å². The second kappa shape index (κ2) is 5.27. The number of rotatable bonds is 4. The maximum absolute atomic E-state index is 10.8. The van der Waals surface area contributed by atoms with Gasteiger partial charge < -0.3 is 5.73 Å². The molecule has 19 heavy (non-hydrogen) atoms. The molecule has 1 heterocycles. The third-order valence-corrected chi connectivity index (χ3v) is 4.30. The number of benzene rings is 1. The Morgan fingerprint density at radius 3 is 2.84 bits per heavy atom. The van der Waals surface area contributed by atoms with E-state index in [4.69, 9.17) is 5.73 Å². The first kappa shape index (κ1) is 14.0. The quantitative estimate of drug-likeness (QED) is 0.515. The number of non-ortho nitro benzene ring substituents is 1. The van der Waals surface area contributed by atoms with Gasteiger partial charge in [-0.05, 0) is 19.4 Å². The summed E-state index contributed by atoms with van der Waals surface area (Å²) in [5, 5.41) is 10.8. The molecule has 5 heteroatoms. The summed E-state index contributed by atoms with van der Waals surface area (Å²) in [6.45, 7) is 0.726. The number of nitrogens with two attached hydrogens (primary N) is 1. The van der Waals surface area contributed by atoms with Crippen LogP contribution in [0.4, 0.5) is 11.4 Å². The molecule has 0 aliphatic carbocycles. The molecule has 1 aromatic carbocycles. The fourth-order valence-corrected chi connectivity index (χ4v) is 3.11. The summed E-state index contributed by atoms with van der Waals surface area (Å²) < 4.78 is 0.799. The smallest absolute Gasteiger partial charge is 0.270 e. The average Bonchev–Trinajstić information content (AvgIpc) is 2.37. The molecule has 0 saturated carbocycles. The fraction of sp³-hybridized carbons (Fsp3) is 0.571. The highest BCUT2D eigenvalue weighted by Gasteiger charge is 2.36. The van der Waals surface area contributed by atoms with Gasteiger partial charge in [0.25, 0.3) is 5.69 Å². The van der Waals surface area contributed by atoms with Crippen LogP contribution in [0.5, 0.6) is 0 Å². The van der Waals surface area contributed by atoms with Gasteiger partial charge in [0, 0.05) is 36.6 Å². The highest BCUT2D eigenvalue weighted by molar-refractivity contribution is 5.57. The predicted octanol–water partition coefficient (Wildman–Crippen LogP) is 2.22. The molecule has 0 fully saturated rings. The van der Waals surface area contributed by atoms with Crippen molar-refractivity contribution in [3.8, 4) is 0 Å². The Bertz CT molecular complexity index is 486. The number of nitro groups is 1. The number of nitro benzene ring substituents is 1. The summed E-state index contributed by atoms with van der Waals surface area (Å²) >= 11 is 0. The highest BCUT2D eigenvalue weighted by Crippen LogP contribution is 2.37. The lowest BCUT2D eigenvalue weighted by atomic mass is 9.91. The lowest BCUT2D eigenvalue weighted by molar-refractivity contribution is -0.384. The number of nitrogens with zero attached hydrogens (tertiary/aromatic N) is 2. The summed E-state index contributed by atoms with van der Waals surface area (Å²) in [4.78, 5) is 10.5. The van der Waals surface area contributed by atoms with Gasteiger partial charge in [-0.1, -0.05) is 0 Å². The first-order valence-corrected chi connectivity index (χ1v) is 6.78. The molecule has 0 radical (unpaired) electrons. The van der Waals surface area contributed by atoms with E-state index in [0.29, 0.717) is 6.04 Å². The van der Waals surface area contributed by atoms with E-state index < -0.39 is 0 Å². The first-order chi connectivity index (χ1) is 8.96. The second-order valence-electron chi connectivity index (χ2n) is 5.73. The van der Waals surface area contributed by atoms with Crippen LogP contribution in [0.25, 0.3) is 0 Å². The minimum atomic E-state index is -0.319. The Kier molecular flexibility index (Phi) is 3.87. The molecule has 0 bridgehead atoms. The zero-order chi connectivity index (χ0) is 14.0. The van der Waals surface area contributed by atoms with E-state index in [2.05, 4.69) is 14.1 Å². The Balaban J connectivity index is 2.31. The Morgan fingerprint density at radius 2 is 2.21 bits per heavy atom. The number of aryl methyl sites for hydroxylation is 1. The maximum Gasteiger partial charge on any atom is 0.270 e. The van der Waals surface area contributed by atoms with Crippen molar-refractivity contribution < 1.29 is 4.92 Å². The molecular weight excluding hydrogens is 242 g/mol. The maximum atomic E-state index is 10.8. The van der Waals surface area contributed by atoms with Crippen LogP contribution >= 0.6 is 0 Å². The van der Waals surface area contributed by atoms with Gasteiger partial charge in [0.2, 0.25) is 0 Å². The average molecular weight is 264 g/mol. The van der Waals surface area contributed by atoms with Crippen LogP contribution < -0.4 is 10.2 Å². The summed E-state index contributed by atoms with van der Waals surface area (Å²) in [5.41, 5.74) is 8.12. The van der Waals surface area contributed by atoms with Crippen molar-refractivity contribution in [1.82, 2.24) is 4.48 Å². The molecule has 5 nitrogen and oxygen atoms in total. The van der Waals surface area contributed by atoms with Crippen LogP contribution in [0.2, 0.25) is 0 Å². The SMILES string of the molecule is C[N+]1(C)c2ccc([N+](=O)[O-])cc2CCC1CCCN. The van der Waals surface area contributed by atoms with E-state index in [1.54, 1.807) is 12.1 Å². The van der Waals surface area contributed by atoms with Crippen molar-refractivity contribution in [3.05, 3.63) is 33.9 Å². The van der Waals surface area contributed by atoms with E-state index in [1.165, 1.54) is 5.69 Å². The van der Waals surface area contributed by atoms with Crippen molar-refractivity contribution in [2.45, 2.75) is 31.7 Å². The molecule has 1 atom stereocenters. The van der Waals surface area contributed by atoms with Crippen molar-refractivity contribution in [1.29, 1.82) is 0 Å². The second-order valence-corrected chi connectivity index (χ2v) is 5.73. The van der Waals surface area contributed by atoms with Gasteiger partial charge in [0.1, 0.15) is 5.69 Å². The van der Waals surface area contributed by atoms with Crippen molar-refractivity contribution in [3.63, 3.8) is 0 Å². The number of quaternary nitrogens is 1. The van der Waals surface area contributed by atoms with Gasteiger partial charge in [-0.15, -0.1) is 0 Å². The molecule has 1 aliphatic rings. The van der Waals surface area contributed by atoms with Crippen molar-refractivity contribution in [2.24, 2.45) is 5.73 Å². The van der Waals surface area contributed by atoms with E-state index in [9.17, 15) is 10.1 Å². The zero-order valence-electron chi connectivity index (χ0n) is 11.6. The molecule has 1 unspecified atom stereocenters. The van der Waals surface area contributed by atoms with Crippen LogP contribution in [0, 0.1) is 10.1 Å². The number of fused-ring (bicyclic) bond motifs is 1. The predicted molar refractivity (Wildman–Crippen MR) is 77.1 cm³/mol. The third-order valence-electron chi connectivity index (χ3n) is 4.30. The van der Waals surface area contributed by atoms with E-state index in [1.807, 2.05) is 6.07 Å².